The van der Waals surface area contributed by atoms with E-state index in [1.165, 1.54) is 22.3 Å². The zero-order valence-electron chi connectivity index (χ0n) is 10.7. The summed E-state index contributed by atoms with van der Waals surface area (Å²) in [4.78, 5) is 25.2. The first-order chi connectivity index (χ1) is 8.95. The van der Waals surface area contributed by atoms with Crippen LogP contribution in [0.4, 0.5) is 0 Å². The Morgan fingerprint density at radius 2 is 2.26 bits per heavy atom. The number of carboxylic acids is 1. The van der Waals surface area contributed by atoms with Crippen LogP contribution in [-0.2, 0) is 4.79 Å². The molecule has 0 radical (unpaired) electrons. The summed E-state index contributed by atoms with van der Waals surface area (Å²) < 4.78 is 0. The maximum Gasteiger partial charge on any atom is 0.328 e. The highest BCUT2D eigenvalue weighted by Gasteiger charge is 2.18. The van der Waals surface area contributed by atoms with Gasteiger partial charge >= 0.3 is 5.97 Å². The van der Waals surface area contributed by atoms with Crippen molar-refractivity contribution in [2.75, 3.05) is 7.05 Å². The van der Waals surface area contributed by atoms with Crippen molar-refractivity contribution >= 4 is 29.3 Å². The number of carbonyl (C=O) groups excluding carboxylic acids is 1. The van der Waals surface area contributed by atoms with Crippen molar-refractivity contribution in [3.05, 3.63) is 28.0 Å². The summed E-state index contributed by atoms with van der Waals surface area (Å²) in [6, 6.07) is 5.22. The fourth-order valence-electron chi connectivity index (χ4n) is 1.35. The van der Waals surface area contributed by atoms with Gasteiger partial charge in [-0.15, -0.1) is 11.3 Å². The van der Waals surface area contributed by atoms with Crippen molar-refractivity contribution in [3.8, 4) is 6.07 Å². The Kier molecular flexibility index (Phi) is 5.27. The Hall–Kier alpha value is -2.13. The van der Waals surface area contributed by atoms with Gasteiger partial charge in [0, 0.05) is 24.0 Å². The number of thiophene rings is 1. The molecular weight excluding hydrogens is 264 g/mol. The van der Waals surface area contributed by atoms with E-state index in [0.717, 1.165) is 6.08 Å². The second-order valence-corrected chi connectivity index (χ2v) is 5.12. The quantitative estimate of drug-likeness (QED) is 0.837. The van der Waals surface area contributed by atoms with Crippen LogP contribution in [0.2, 0.25) is 0 Å². The molecule has 5 nitrogen and oxygen atoms in total. The first-order valence-electron chi connectivity index (χ1n) is 5.60. The van der Waals surface area contributed by atoms with Gasteiger partial charge < -0.3 is 10.0 Å². The van der Waals surface area contributed by atoms with E-state index in [0.29, 0.717) is 9.75 Å². The van der Waals surface area contributed by atoms with Gasteiger partial charge in [-0.2, -0.15) is 5.26 Å². The van der Waals surface area contributed by atoms with Crippen LogP contribution in [0, 0.1) is 11.3 Å². The second kappa shape index (κ2) is 6.71. The van der Waals surface area contributed by atoms with Gasteiger partial charge in [0.25, 0.3) is 5.91 Å². The van der Waals surface area contributed by atoms with Crippen molar-refractivity contribution in [2.24, 2.45) is 0 Å². The molecular formula is C13H14N2O3S. The molecule has 0 saturated carbocycles. The van der Waals surface area contributed by atoms with E-state index in [9.17, 15) is 9.59 Å². The molecule has 1 amide bonds. The lowest BCUT2D eigenvalue weighted by molar-refractivity contribution is -0.131. The maximum absolute atomic E-state index is 12.1. The van der Waals surface area contributed by atoms with E-state index in [-0.39, 0.29) is 18.4 Å². The monoisotopic (exact) mass is 278 g/mol. The van der Waals surface area contributed by atoms with Gasteiger partial charge in [0.2, 0.25) is 0 Å². The third kappa shape index (κ3) is 4.23. The van der Waals surface area contributed by atoms with Gasteiger partial charge in [0.15, 0.2) is 0 Å². The van der Waals surface area contributed by atoms with Crippen LogP contribution in [0.1, 0.15) is 27.9 Å². The van der Waals surface area contributed by atoms with E-state index in [1.807, 2.05) is 6.07 Å². The Bertz CT molecular complexity index is 542. The summed E-state index contributed by atoms with van der Waals surface area (Å²) in [6.07, 6.45) is 2.75. The minimum atomic E-state index is -1.03. The number of carboxylic acid groups (broad SMARTS) is 1. The van der Waals surface area contributed by atoms with Gasteiger partial charge in [-0.1, -0.05) is 0 Å². The molecule has 0 spiro atoms. The highest BCUT2D eigenvalue weighted by atomic mass is 32.1. The van der Waals surface area contributed by atoms with Crippen LogP contribution in [0.3, 0.4) is 0 Å². The van der Waals surface area contributed by atoms with Crippen LogP contribution in [0.15, 0.2) is 18.2 Å². The van der Waals surface area contributed by atoms with Gasteiger partial charge in [-0.05, 0) is 25.1 Å². The Morgan fingerprint density at radius 3 is 2.84 bits per heavy atom. The maximum atomic E-state index is 12.1. The SMILES string of the molecule is CC(CC#N)N(C)C(=O)c1ccc(C=CC(=O)O)s1. The third-order valence-electron chi connectivity index (χ3n) is 2.60. The fourth-order valence-corrected chi connectivity index (χ4v) is 2.25. The lowest BCUT2D eigenvalue weighted by atomic mass is 10.2. The molecule has 19 heavy (non-hydrogen) atoms. The molecule has 1 aromatic rings. The molecule has 6 heteroatoms. The molecule has 0 aliphatic heterocycles. The zero-order chi connectivity index (χ0) is 14.4. The lowest BCUT2D eigenvalue weighted by Gasteiger charge is -2.22. The van der Waals surface area contributed by atoms with Gasteiger partial charge in [-0.25, -0.2) is 4.79 Å². The molecule has 0 aliphatic carbocycles. The molecule has 0 bridgehead atoms. The fraction of sp³-hybridized carbons (Fsp3) is 0.308. The average Bonchev–Trinajstić information content (AvgIpc) is 2.83. The Labute approximate surface area is 115 Å². The molecule has 100 valence electrons. The minimum Gasteiger partial charge on any atom is -0.478 e. The van der Waals surface area contributed by atoms with Crippen molar-refractivity contribution in [1.82, 2.24) is 4.90 Å². The molecule has 1 unspecified atom stereocenters. The van der Waals surface area contributed by atoms with Crippen molar-refractivity contribution in [2.45, 2.75) is 19.4 Å². The molecule has 0 saturated heterocycles. The smallest absolute Gasteiger partial charge is 0.328 e. The van der Waals surface area contributed by atoms with Gasteiger partial charge in [0.1, 0.15) is 0 Å². The van der Waals surface area contributed by atoms with Crippen LogP contribution < -0.4 is 0 Å². The predicted octanol–water partition coefficient (Wildman–Crippen LogP) is 2.22. The number of nitriles is 1. The third-order valence-corrected chi connectivity index (χ3v) is 3.63. The molecule has 1 N–H and O–H groups in total. The molecule has 1 rings (SSSR count). The lowest BCUT2D eigenvalue weighted by Crippen LogP contribution is -2.34. The molecule has 0 aliphatic rings. The summed E-state index contributed by atoms with van der Waals surface area (Å²) in [7, 11) is 1.65. The predicted molar refractivity (Wildman–Crippen MR) is 72.8 cm³/mol. The number of hydrogen-bond donors (Lipinski definition) is 1. The second-order valence-electron chi connectivity index (χ2n) is 4.00. The topological polar surface area (TPSA) is 81.4 Å². The van der Waals surface area contributed by atoms with E-state index in [1.54, 1.807) is 26.1 Å². The largest absolute Gasteiger partial charge is 0.478 e. The summed E-state index contributed by atoms with van der Waals surface area (Å²) in [5.41, 5.74) is 0. The first-order valence-corrected chi connectivity index (χ1v) is 6.42. The van der Waals surface area contributed by atoms with Gasteiger partial charge in [-0.3, -0.25) is 4.79 Å². The zero-order valence-corrected chi connectivity index (χ0v) is 11.5. The van der Waals surface area contributed by atoms with Crippen molar-refractivity contribution in [3.63, 3.8) is 0 Å². The Morgan fingerprint density at radius 1 is 1.58 bits per heavy atom. The van der Waals surface area contributed by atoms with Crippen LogP contribution >= 0.6 is 11.3 Å². The number of carbonyl (C=O) groups is 2. The number of hydrogen-bond acceptors (Lipinski definition) is 4. The summed E-state index contributed by atoms with van der Waals surface area (Å²) in [5, 5.41) is 17.1. The van der Waals surface area contributed by atoms with E-state index >= 15 is 0 Å². The normalized spacial score (nSPS) is 12.1. The number of amides is 1. The minimum absolute atomic E-state index is 0.155. The Balaban J connectivity index is 2.79. The van der Waals surface area contributed by atoms with Crippen LogP contribution in [0.25, 0.3) is 6.08 Å². The van der Waals surface area contributed by atoms with Crippen LogP contribution in [-0.4, -0.2) is 35.0 Å². The van der Waals surface area contributed by atoms with E-state index in [2.05, 4.69) is 0 Å². The van der Waals surface area contributed by atoms with Crippen molar-refractivity contribution < 1.29 is 14.7 Å². The standard InChI is InChI=1S/C13H14N2O3S/c1-9(7-8-14)15(2)13(18)11-5-3-10(19-11)4-6-12(16)17/h3-6,9H,7H2,1-2H3,(H,16,17). The molecule has 0 aromatic carbocycles. The van der Waals surface area contributed by atoms with Gasteiger partial charge in [0.05, 0.1) is 17.4 Å². The van der Waals surface area contributed by atoms with Crippen LogP contribution in [0.5, 0.6) is 0 Å². The molecule has 1 aromatic heterocycles. The highest BCUT2D eigenvalue weighted by molar-refractivity contribution is 7.14. The van der Waals surface area contributed by atoms with E-state index < -0.39 is 5.97 Å². The average molecular weight is 278 g/mol. The molecule has 0 fully saturated rings. The molecule has 1 atom stereocenters. The summed E-state index contributed by atoms with van der Waals surface area (Å²) in [5.74, 6) is -1.19. The van der Waals surface area contributed by atoms with E-state index in [4.69, 9.17) is 10.4 Å². The number of nitrogens with zero attached hydrogens (tertiary/aromatic N) is 2. The highest BCUT2D eigenvalue weighted by Crippen LogP contribution is 2.20. The number of rotatable bonds is 5. The number of aliphatic carboxylic acids is 1. The van der Waals surface area contributed by atoms with Crippen molar-refractivity contribution in [1.29, 1.82) is 5.26 Å². The summed E-state index contributed by atoms with van der Waals surface area (Å²) >= 11 is 1.22. The summed E-state index contributed by atoms with van der Waals surface area (Å²) in [6.45, 7) is 1.81. The first kappa shape index (κ1) is 14.9. The molecule has 1 heterocycles.